The van der Waals surface area contributed by atoms with E-state index >= 15 is 0 Å². The summed E-state index contributed by atoms with van der Waals surface area (Å²) in [6.07, 6.45) is 8.62. The van der Waals surface area contributed by atoms with E-state index in [1.54, 1.807) is 30.9 Å². The zero-order valence-corrected chi connectivity index (χ0v) is 12.0. The SMILES string of the molecule is O=C(COc1ncccn1)Nc1cnc(N2CCCC2)nc1. The molecule has 8 heteroatoms. The van der Waals surface area contributed by atoms with Crippen molar-refractivity contribution < 1.29 is 9.53 Å². The van der Waals surface area contributed by atoms with Crippen LogP contribution in [0, 0.1) is 0 Å². The smallest absolute Gasteiger partial charge is 0.316 e. The molecule has 22 heavy (non-hydrogen) atoms. The van der Waals surface area contributed by atoms with Gasteiger partial charge in [-0.25, -0.2) is 19.9 Å². The van der Waals surface area contributed by atoms with Gasteiger partial charge < -0.3 is 15.0 Å². The summed E-state index contributed by atoms with van der Waals surface area (Å²) < 4.78 is 5.16. The maximum absolute atomic E-state index is 11.8. The van der Waals surface area contributed by atoms with Crippen LogP contribution in [0.2, 0.25) is 0 Å². The standard InChI is InChI=1S/C14H16N6O2/c21-12(10-22-14-15-4-3-5-16-14)19-11-8-17-13(18-9-11)20-6-1-2-7-20/h3-5,8-9H,1-2,6-7,10H2,(H,19,21). The van der Waals surface area contributed by atoms with Crippen molar-refractivity contribution in [3.8, 4) is 6.01 Å². The first-order chi connectivity index (χ1) is 10.8. The van der Waals surface area contributed by atoms with E-state index in [4.69, 9.17) is 4.74 Å². The van der Waals surface area contributed by atoms with E-state index in [-0.39, 0.29) is 18.5 Å². The molecule has 114 valence electrons. The van der Waals surface area contributed by atoms with Crippen LogP contribution in [0.1, 0.15) is 12.8 Å². The Morgan fingerprint density at radius 3 is 2.50 bits per heavy atom. The summed E-state index contributed by atoms with van der Waals surface area (Å²) in [5.41, 5.74) is 0.533. The fourth-order valence-corrected chi connectivity index (χ4v) is 2.15. The Kier molecular flexibility index (Phi) is 4.38. The van der Waals surface area contributed by atoms with Crippen molar-refractivity contribution in [2.45, 2.75) is 12.8 Å². The van der Waals surface area contributed by atoms with E-state index < -0.39 is 0 Å². The highest BCUT2D eigenvalue weighted by atomic mass is 16.5. The molecule has 0 aliphatic carbocycles. The average molecular weight is 300 g/mol. The summed E-state index contributed by atoms with van der Waals surface area (Å²) in [6, 6.07) is 1.84. The lowest BCUT2D eigenvalue weighted by Crippen LogP contribution is -2.22. The third-order valence-electron chi connectivity index (χ3n) is 3.19. The van der Waals surface area contributed by atoms with Crippen molar-refractivity contribution in [1.29, 1.82) is 0 Å². The lowest BCUT2D eigenvalue weighted by Gasteiger charge is -2.14. The molecule has 0 aromatic carbocycles. The first-order valence-electron chi connectivity index (χ1n) is 7.08. The van der Waals surface area contributed by atoms with Gasteiger partial charge in [0.2, 0.25) is 5.95 Å². The zero-order chi connectivity index (χ0) is 15.2. The van der Waals surface area contributed by atoms with E-state index in [2.05, 4.69) is 30.2 Å². The number of rotatable bonds is 5. The lowest BCUT2D eigenvalue weighted by molar-refractivity contribution is -0.118. The lowest BCUT2D eigenvalue weighted by atomic mass is 10.4. The van der Waals surface area contributed by atoms with Gasteiger partial charge in [0, 0.05) is 25.5 Å². The summed E-state index contributed by atoms with van der Waals surface area (Å²) in [4.78, 5) is 30.2. The van der Waals surface area contributed by atoms with Crippen LogP contribution in [-0.4, -0.2) is 45.5 Å². The Hall–Kier alpha value is -2.77. The fraction of sp³-hybridized carbons (Fsp3) is 0.357. The molecule has 0 spiro atoms. The molecule has 0 saturated carbocycles. The zero-order valence-electron chi connectivity index (χ0n) is 12.0. The summed E-state index contributed by atoms with van der Waals surface area (Å²) in [5, 5.41) is 2.67. The molecule has 1 N–H and O–H groups in total. The molecule has 0 atom stereocenters. The topological polar surface area (TPSA) is 93.1 Å². The molecule has 1 aliphatic rings. The van der Waals surface area contributed by atoms with Gasteiger partial charge in [0.25, 0.3) is 5.91 Å². The van der Waals surface area contributed by atoms with E-state index in [0.717, 1.165) is 13.1 Å². The Morgan fingerprint density at radius 1 is 1.14 bits per heavy atom. The Balaban J connectivity index is 1.50. The second kappa shape index (κ2) is 6.79. The van der Waals surface area contributed by atoms with Gasteiger partial charge in [-0.15, -0.1) is 0 Å². The number of aromatic nitrogens is 4. The number of carbonyl (C=O) groups is 1. The van der Waals surface area contributed by atoms with E-state index in [0.29, 0.717) is 11.6 Å². The predicted octanol–water partition coefficient (Wildman–Crippen LogP) is 0.884. The molecule has 0 unspecified atom stereocenters. The van der Waals surface area contributed by atoms with E-state index in [1.165, 1.54) is 12.8 Å². The van der Waals surface area contributed by atoms with Crippen molar-refractivity contribution in [3.05, 3.63) is 30.9 Å². The van der Waals surface area contributed by atoms with Crippen LogP contribution in [-0.2, 0) is 4.79 Å². The molecule has 2 aromatic heterocycles. The second-order valence-corrected chi connectivity index (χ2v) is 4.83. The molecule has 0 bridgehead atoms. The Bertz CT molecular complexity index is 613. The summed E-state index contributed by atoms with van der Waals surface area (Å²) in [7, 11) is 0. The van der Waals surface area contributed by atoms with Crippen LogP contribution in [0.5, 0.6) is 6.01 Å². The van der Waals surface area contributed by atoms with Gasteiger partial charge in [0.15, 0.2) is 6.61 Å². The fourth-order valence-electron chi connectivity index (χ4n) is 2.15. The number of carbonyl (C=O) groups excluding carboxylic acids is 1. The van der Waals surface area contributed by atoms with Gasteiger partial charge in [-0.05, 0) is 18.9 Å². The van der Waals surface area contributed by atoms with Crippen molar-refractivity contribution in [2.75, 3.05) is 29.9 Å². The predicted molar refractivity (Wildman–Crippen MR) is 79.6 cm³/mol. The van der Waals surface area contributed by atoms with Gasteiger partial charge in [0.05, 0.1) is 18.1 Å². The minimum absolute atomic E-state index is 0.165. The summed E-state index contributed by atoms with van der Waals surface area (Å²) in [5.74, 6) is 0.384. The third kappa shape index (κ3) is 3.66. The largest absolute Gasteiger partial charge is 0.453 e. The normalized spacial score (nSPS) is 13.9. The second-order valence-electron chi connectivity index (χ2n) is 4.83. The Morgan fingerprint density at radius 2 is 1.82 bits per heavy atom. The molecule has 1 amide bonds. The van der Waals surface area contributed by atoms with Crippen LogP contribution < -0.4 is 15.0 Å². The number of hydrogen-bond acceptors (Lipinski definition) is 7. The van der Waals surface area contributed by atoms with Gasteiger partial charge in [-0.3, -0.25) is 4.79 Å². The van der Waals surface area contributed by atoms with Crippen LogP contribution in [0.3, 0.4) is 0 Å². The maximum Gasteiger partial charge on any atom is 0.316 e. The highest BCUT2D eigenvalue weighted by molar-refractivity contribution is 5.91. The van der Waals surface area contributed by atoms with Crippen LogP contribution in [0.15, 0.2) is 30.9 Å². The third-order valence-corrected chi connectivity index (χ3v) is 3.19. The molecular weight excluding hydrogens is 284 g/mol. The first kappa shape index (κ1) is 14.2. The van der Waals surface area contributed by atoms with Gasteiger partial charge in [-0.2, -0.15) is 0 Å². The summed E-state index contributed by atoms with van der Waals surface area (Å²) in [6.45, 7) is 1.80. The quantitative estimate of drug-likeness (QED) is 0.876. The van der Waals surface area contributed by atoms with Gasteiger partial charge in [0.1, 0.15) is 0 Å². The molecule has 8 nitrogen and oxygen atoms in total. The van der Waals surface area contributed by atoms with Crippen molar-refractivity contribution in [3.63, 3.8) is 0 Å². The van der Waals surface area contributed by atoms with E-state index in [9.17, 15) is 4.79 Å². The minimum Gasteiger partial charge on any atom is -0.453 e. The van der Waals surface area contributed by atoms with Crippen LogP contribution in [0.25, 0.3) is 0 Å². The molecule has 0 radical (unpaired) electrons. The van der Waals surface area contributed by atoms with Crippen LogP contribution in [0.4, 0.5) is 11.6 Å². The highest BCUT2D eigenvalue weighted by Gasteiger charge is 2.14. The monoisotopic (exact) mass is 300 g/mol. The highest BCUT2D eigenvalue weighted by Crippen LogP contribution is 2.16. The molecule has 3 rings (SSSR count). The number of anilines is 2. The van der Waals surface area contributed by atoms with Crippen molar-refractivity contribution in [2.24, 2.45) is 0 Å². The van der Waals surface area contributed by atoms with Crippen molar-refractivity contribution >= 4 is 17.5 Å². The average Bonchev–Trinajstić information content (AvgIpc) is 3.09. The molecule has 1 saturated heterocycles. The number of ether oxygens (including phenoxy) is 1. The number of nitrogens with one attached hydrogen (secondary N) is 1. The first-order valence-corrected chi connectivity index (χ1v) is 7.08. The molecular formula is C14H16N6O2. The molecule has 3 heterocycles. The van der Waals surface area contributed by atoms with Gasteiger partial charge >= 0.3 is 6.01 Å². The van der Waals surface area contributed by atoms with Gasteiger partial charge in [-0.1, -0.05) is 0 Å². The number of nitrogens with zero attached hydrogens (tertiary/aromatic N) is 5. The minimum atomic E-state index is -0.315. The van der Waals surface area contributed by atoms with Crippen molar-refractivity contribution in [1.82, 2.24) is 19.9 Å². The number of hydrogen-bond donors (Lipinski definition) is 1. The van der Waals surface area contributed by atoms with E-state index in [1.807, 2.05) is 0 Å². The maximum atomic E-state index is 11.8. The molecule has 2 aromatic rings. The Labute approximate surface area is 127 Å². The molecule has 1 fully saturated rings. The summed E-state index contributed by atoms with van der Waals surface area (Å²) >= 11 is 0. The van der Waals surface area contributed by atoms with Crippen LogP contribution >= 0.6 is 0 Å². The molecule has 1 aliphatic heterocycles. The number of amides is 1.